The Kier molecular flexibility index (Phi) is 8.74. The van der Waals surface area contributed by atoms with Gasteiger partial charge in [-0.1, -0.05) is 26.7 Å². The van der Waals surface area contributed by atoms with Gasteiger partial charge in [-0.15, -0.1) is 0 Å². The molecule has 0 heterocycles. The van der Waals surface area contributed by atoms with Crippen molar-refractivity contribution >= 4 is 0 Å². The van der Waals surface area contributed by atoms with Crippen LogP contribution in [0.3, 0.4) is 0 Å². The van der Waals surface area contributed by atoms with Gasteiger partial charge in [0, 0.05) is 25.7 Å². The summed E-state index contributed by atoms with van der Waals surface area (Å²) in [6.45, 7) is 12.2. The predicted molar refractivity (Wildman–Crippen MR) is 107 cm³/mol. The van der Waals surface area contributed by atoms with Gasteiger partial charge in [-0.2, -0.15) is 19.6 Å². The van der Waals surface area contributed by atoms with Gasteiger partial charge in [-0.3, -0.25) is 0 Å². The summed E-state index contributed by atoms with van der Waals surface area (Å²) in [5, 5.41) is 0. The Balaban J connectivity index is 2.04. The monoisotopic (exact) mass is 402 g/mol. The maximum atomic E-state index is 6.00. The minimum Gasteiger partial charge on any atom is -0.228 e. The molecular weight excluding hydrogens is 360 g/mol. The molecule has 0 aromatic carbocycles. The zero-order chi connectivity index (χ0) is 20.7. The fourth-order valence-corrected chi connectivity index (χ4v) is 3.19. The molecule has 2 aliphatic carbocycles. The smallest absolute Gasteiger partial charge is 0.228 e. The molecule has 28 heavy (non-hydrogen) atoms. The van der Waals surface area contributed by atoms with E-state index in [2.05, 4.69) is 13.8 Å². The maximum absolute atomic E-state index is 6.00. The van der Waals surface area contributed by atoms with Crippen LogP contribution in [0.15, 0.2) is 0 Å². The van der Waals surface area contributed by atoms with E-state index >= 15 is 0 Å². The second-order valence-electron chi connectivity index (χ2n) is 9.67. The molecule has 166 valence electrons. The molecule has 2 aliphatic rings. The van der Waals surface area contributed by atoms with E-state index in [4.69, 9.17) is 29.3 Å². The van der Waals surface area contributed by atoms with Gasteiger partial charge < -0.3 is 0 Å². The van der Waals surface area contributed by atoms with Gasteiger partial charge in [0.25, 0.3) is 0 Å². The molecular formula is C22H42O6. The Labute approximate surface area is 171 Å². The lowest BCUT2D eigenvalue weighted by Gasteiger charge is -2.41. The van der Waals surface area contributed by atoms with Crippen LogP contribution in [0, 0.1) is 0 Å². The Morgan fingerprint density at radius 3 is 1.14 bits per heavy atom. The van der Waals surface area contributed by atoms with Gasteiger partial charge in [-0.25, -0.2) is 9.78 Å². The standard InChI is InChI=1S/C22H42O6/c1-7-19(3,4)23-25-21(15-11-9-12-16-21)27-28-22(17-13-10-14-18-22)26-24-20(5,6)8-2/h7-18H2,1-6H3. The molecule has 0 atom stereocenters. The molecule has 6 heteroatoms. The second kappa shape index (κ2) is 10.2. The molecule has 0 unspecified atom stereocenters. The quantitative estimate of drug-likeness (QED) is 0.222. The van der Waals surface area contributed by atoms with E-state index in [-0.39, 0.29) is 11.2 Å². The van der Waals surface area contributed by atoms with E-state index in [0.29, 0.717) is 0 Å². The Morgan fingerprint density at radius 2 is 0.857 bits per heavy atom. The lowest BCUT2D eigenvalue weighted by atomic mass is 9.94. The first kappa shape index (κ1) is 24.0. The van der Waals surface area contributed by atoms with Crippen molar-refractivity contribution in [1.29, 1.82) is 0 Å². The molecule has 0 aromatic rings. The van der Waals surface area contributed by atoms with Crippen molar-refractivity contribution in [3.8, 4) is 0 Å². The Hall–Kier alpha value is -0.240. The minimum atomic E-state index is -0.890. The average molecular weight is 403 g/mol. The van der Waals surface area contributed by atoms with E-state index in [0.717, 1.165) is 64.2 Å². The first-order valence-corrected chi connectivity index (χ1v) is 11.3. The zero-order valence-electron chi connectivity index (χ0n) is 18.9. The zero-order valence-corrected chi connectivity index (χ0v) is 18.9. The molecule has 6 nitrogen and oxygen atoms in total. The van der Waals surface area contributed by atoms with Crippen LogP contribution in [-0.4, -0.2) is 22.8 Å². The molecule has 0 aliphatic heterocycles. The van der Waals surface area contributed by atoms with E-state index < -0.39 is 11.6 Å². The van der Waals surface area contributed by atoms with Crippen molar-refractivity contribution < 1.29 is 29.3 Å². The van der Waals surface area contributed by atoms with Gasteiger partial charge >= 0.3 is 0 Å². The fraction of sp³-hybridized carbons (Fsp3) is 1.00. The number of rotatable bonds is 11. The highest BCUT2D eigenvalue weighted by Gasteiger charge is 2.45. The van der Waals surface area contributed by atoms with Crippen molar-refractivity contribution in [2.45, 2.75) is 141 Å². The third kappa shape index (κ3) is 7.22. The lowest BCUT2D eigenvalue weighted by Crippen LogP contribution is -2.47. The van der Waals surface area contributed by atoms with Crippen LogP contribution >= 0.6 is 0 Å². The van der Waals surface area contributed by atoms with Crippen LogP contribution in [0.1, 0.15) is 119 Å². The van der Waals surface area contributed by atoms with Crippen LogP contribution in [0.2, 0.25) is 0 Å². The summed E-state index contributed by atoms with van der Waals surface area (Å²) in [5.41, 5.74) is -0.748. The fourth-order valence-electron chi connectivity index (χ4n) is 3.19. The third-order valence-corrected chi connectivity index (χ3v) is 6.12. The van der Waals surface area contributed by atoms with Gasteiger partial charge in [0.15, 0.2) is 0 Å². The Morgan fingerprint density at radius 1 is 0.536 bits per heavy atom. The van der Waals surface area contributed by atoms with Gasteiger partial charge in [-0.05, 0) is 66.2 Å². The molecule has 0 aromatic heterocycles. The van der Waals surface area contributed by atoms with Crippen LogP contribution in [-0.2, 0) is 29.3 Å². The third-order valence-electron chi connectivity index (χ3n) is 6.12. The molecule has 0 N–H and O–H groups in total. The number of hydrogen-bond acceptors (Lipinski definition) is 6. The van der Waals surface area contributed by atoms with E-state index in [9.17, 15) is 0 Å². The van der Waals surface area contributed by atoms with Crippen LogP contribution in [0.4, 0.5) is 0 Å². The molecule has 2 saturated carbocycles. The molecule has 0 bridgehead atoms. The molecule has 2 rings (SSSR count). The summed E-state index contributed by atoms with van der Waals surface area (Å²) >= 11 is 0. The highest BCUT2D eigenvalue weighted by atomic mass is 17.4. The van der Waals surface area contributed by atoms with Crippen molar-refractivity contribution in [1.82, 2.24) is 0 Å². The normalized spacial score (nSPS) is 22.9. The van der Waals surface area contributed by atoms with Crippen LogP contribution in [0.5, 0.6) is 0 Å². The van der Waals surface area contributed by atoms with E-state index in [1.807, 2.05) is 27.7 Å². The highest BCUT2D eigenvalue weighted by molar-refractivity contribution is 4.77. The summed E-state index contributed by atoms with van der Waals surface area (Å²) in [7, 11) is 0. The van der Waals surface area contributed by atoms with Gasteiger partial charge in [0.1, 0.15) is 0 Å². The Bertz CT molecular complexity index is 408. The summed E-state index contributed by atoms with van der Waals surface area (Å²) in [6.07, 6.45) is 11.1. The maximum Gasteiger partial charge on any atom is 0.234 e. The minimum absolute atomic E-state index is 0.374. The first-order valence-electron chi connectivity index (χ1n) is 11.3. The first-order chi connectivity index (χ1) is 13.2. The van der Waals surface area contributed by atoms with Gasteiger partial charge in [0.05, 0.1) is 11.2 Å². The summed E-state index contributed by atoms with van der Waals surface area (Å²) in [5.74, 6) is -1.78. The topological polar surface area (TPSA) is 55.4 Å². The second-order valence-corrected chi connectivity index (χ2v) is 9.67. The lowest BCUT2D eigenvalue weighted by molar-refractivity contribution is -0.598. The summed E-state index contributed by atoms with van der Waals surface area (Å²) in [6, 6.07) is 0. The predicted octanol–water partition coefficient (Wildman–Crippen LogP) is 6.53. The largest absolute Gasteiger partial charge is 0.234 e. The highest BCUT2D eigenvalue weighted by Crippen LogP contribution is 2.40. The number of hydrogen-bond donors (Lipinski definition) is 0. The van der Waals surface area contributed by atoms with Crippen molar-refractivity contribution in [3.05, 3.63) is 0 Å². The van der Waals surface area contributed by atoms with Crippen LogP contribution < -0.4 is 0 Å². The van der Waals surface area contributed by atoms with E-state index in [1.54, 1.807) is 0 Å². The van der Waals surface area contributed by atoms with Crippen LogP contribution in [0.25, 0.3) is 0 Å². The average Bonchev–Trinajstić information content (AvgIpc) is 2.71. The molecule has 0 spiro atoms. The summed E-state index contributed by atoms with van der Waals surface area (Å²) in [4.78, 5) is 35.3. The molecule has 0 amide bonds. The van der Waals surface area contributed by atoms with Crippen molar-refractivity contribution in [2.75, 3.05) is 0 Å². The van der Waals surface area contributed by atoms with Crippen molar-refractivity contribution in [2.24, 2.45) is 0 Å². The summed E-state index contributed by atoms with van der Waals surface area (Å²) < 4.78 is 0. The van der Waals surface area contributed by atoms with Gasteiger partial charge in [0.2, 0.25) is 11.6 Å². The SMILES string of the molecule is CCC(C)(C)OOC1(OOC2(OOC(C)(C)CC)CCCCC2)CCCCC1. The molecule has 0 saturated heterocycles. The van der Waals surface area contributed by atoms with E-state index in [1.165, 1.54) is 12.8 Å². The molecule has 0 radical (unpaired) electrons. The van der Waals surface area contributed by atoms with Crippen molar-refractivity contribution in [3.63, 3.8) is 0 Å². The molecule has 2 fully saturated rings.